The highest BCUT2D eigenvalue weighted by Crippen LogP contribution is 2.30. The summed E-state index contributed by atoms with van der Waals surface area (Å²) in [4.78, 5) is 13.0. The minimum Gasteiger partial charge on any atom is -0.311 e. The molecule has 1 aromatic carbocycles. The Hall–Kier alpha value is -1.05. The number of para-hydroxylation sites is 1. The summed E-state index contributed by atoms with van der Waals surface area (Å²) in [6.07, 6.45) is 0.351. The van der Waals surface area contributed by atoms with Gasteiger partial charge in [-0.2, -0.15) is 21.0 Å². The predicted octanol–water partition coefficient (Wildman–Crippen LogP) is 1.22. The van der Waals surface area contributed by atoms with Gasteiger partial charge in [-0.1, -0.05) is 12.1 Å². The van der Waals surface area contributed by atoms with Crippen molar-refractivity contribution in [1.29, 1.82) is 0 Å². The number of carbonyl (C=O) groups is 1. The van der Waals surface area contributed by atoms with Crippen LogP contribution in [0.5, 0.6) is 0 Å². The van der Waals surface area contributed by atoms with Crippen molar-refractivity contribution in [1.82, 2.24) is 0 Å². The normalized spacial score (nSPS) is 20.4. The molecule has 0 bridgehead atoms. The molecule has 0 radical (unpaired) electrons. The maximum atomic E-state index is 11.8. The molecule has 2 rings (SSSR count). The molecule has 5 nitrogen and oxygen atoms in total. The molecular weight excluding hydrogens is 274 g/mol. The molecule has 0 aliphatic carbocycles. The van der Waals surface area contributed by atoms with Crippen LogP contribution in [-0.4, -0.2) is 31.2 Å². The molecule has 1 aromatic rings. The Labute approximate surface area is 111 Å². The summed E-state index contributed by atoms with van der Waals surface area (Å²) >= 11 is 4.15. The molecule has 1 unspecified atom stereocenters. The van der Waals surface area contributed by atoms with Crippen molar-refractivity contribution in [3.8, 4) is 0 Å². The van der Waals surface area contributed by atoms with Crippen LogP contribution in [0.4, 0.5) is 5.69 Å². The van der Waals surface area contributed by atoms with E-state index in [1.54, 1.807) is 6.07 Å². The third-order valence-corrected chi connectivity index (χ3v) is 4.31. The molecule has 1 saturated heterocycles. The second kappa shape index (κ2) is 4.91. The quantitative estimate of drug-likeness (QED) is 0.647. The summed E-state index contributed by atoms with van der Waals surface area (Å²) in [6, 6.07) is 5.93. The van der Waals surface area contributed by atoms with E-state index in [-0.39, 0.29) is 22.4 Å². The van der Waals surface area contributed by atoms with E-state index < -0.39 is 10.1 Å². The lowest BCUT2D eigenvalue weighted by atomic mass is 10.1. The first kappa shape index (κ1) is 13.4. The highest BCUT2D eigenvalue weighted by atomic mass is 32.2. The average molecular weight is 287 g/mol. The van der Waals surface area contributed by atoms with Crippen LogP contribution < -0.4 is 4.90 Å². The molecule has 0 spiro atoms. The van der Waals surface area contributed by atoms with Crippen molar-refractivity contribution < 1.29 is 17.8 Å². The van der Waals surface area contributed by atoms with Gasteiger partial charge in [0.1, 0.15) is 4.90 Å². The number of carbonyl (C=O) groups excluding carboxylic acids is 1. The van der Waals surface area contributed by atoms with Gasteiger partial charge in [0.15, 0.2) is 0 Å². The molecule has 1 N–H and O–H groups in total. The number of anilines is 1. The van der Waals surface area contributed by atoms with Crippen molar-refractivity contribution >= 4 is 34.3 Å². The topological polar surface area (TPSA) is 74.7 Å². The van der Waals surface area contributed by atoms with E-state index in [0.29, 0.717) is 18.7 Å². The van der Waals surface area contributed by atoms with E-state index in [1.807, 2.05) is 0 Å². The van der Waals surface area contributed by atoms with Crippen LogP contribution in [0.3, 0.4) is 0 Å². The van der Waals surface area contributed by atoms with Crippen molar-refractivity contribution in [3.05, 3.63) is 24.3 Å². The summed E-state index contributed by atoms with van der Waals surface area (Å²) in [5, 5.41) is 0. The average Bonchev–Trinajstić information content (AvgIpc) is 2.69. The van der Waals surface area contributed by atoms with Gasteiger partial charge >= 0.3 is 0 Å². The number of benzene rings is 1. The highest BCUT2D eigenvalue weighted by Gasteiger charge is 2.32. The monoisotopic (exact) mass is 287 g/mol. The largest absolute Gasteiger partial charge is 0.311 e. The van der Waals surface area contributed by atoms with Crippen LogP contribution in [0.2, 0.25) is 0 Å². The van der Waals surface area contributed by atoms with Gasteiger partial charge in [0, 0.05) is 13.0 Å². The summed E-state index contributed by atoms with van der Waals surface area (Å²) in [7, 11) is -4.33. The first-order chi connectivity index (χ1) is 8.43. The van der Waals surface area contributed by atoms with E-state index >= 15 is 0 Å². The third kappa shape index (κ3) is 2.52. The summed E-state index contributed by atoms with van der Waals surface area (Å²) in [5.41, 5.74) is 0.231. The first-order valence-corrected chi connectivity index (χ1v) is 7.48. The van der Waals surface area contributed by atoms with Crippen LogP contribution in [0.1, 0.15) is 6.42 Å². The summed E-state index contributed by atoms with van der Waals surface area (Å²) in [6.45, 7) is 0.425. The van der Waals surface area contributed by atoms with Gasteiger partial charge in [0.2, 0.25) is 5.91 Å². The van der Waals surface area contributed by atoms with Crippen LogP contribution in [0.25, 0.3) is 0 Å². The maximum Gasteiger partial charge on any atom is 0.296 e. The second-order valence-electron chi connectivity index (χ2n) is 4.20. The molecule has 1 aliphatic rings. The van der Waals surface area contributed by atoms with Gasteiger partial charge in [-0.15, -0.1) is 0 Å². The van der Waals surface area contributed by atoms with Crippen LogP contribution in [0, 0.1) is 5.92 Å². The SMILES string of the molecule is O=C1CC(CS)CN1c1ccccc1S(=O)(=O)O. The Morgan fingerprint density at radius 2 is 2.06 bits per heavy atom. The Bertz CT molecular complexity index is 570. The molecule has 1 aliphatic heterocycles. The Morgan fingerprint density at radius 1 is 1.39 bits per heavy atom. The summed E-state index contributed by atoms with van der Waals surface area (Å²) in [5.74, 6) is 0.524. The van der Waals surface area contributed by atoms with Gasteiger partial charge in [0.25, 0.3) is 10.1 Å². The minimum atomic E-state index is -4.33. The molecule has 1 fully saturated rings. The zero-order valence-electron chi connectivity index (χ0n) is 9.48. The van der Waals surface area contributed by atoms with Crippen molar-refractivity contribution in [3.63, 3.8) is 0 Å². The minimum absolute atomic E-state index is 0.107. The third-order valence-electron chi connectivity index (χ3n) is 2.90. The lowest BCUT2D eigenvalue weighted by Gasteiger charge is -2.18. The van der Waals surface area contributed by atoms with Crippen LogP contribution in [-0.2, 0) is 14.9 Å². The zero-order chi connectivity index (χ0) is 13.3. The number of hydrogen-bond donors (Lipinski definition) is 2. The molecule has 0 saturated carbocycles. The molecule has 1 atom stereocenters. The number of nitrogens with zero attached hydrogens (tertiary/aromatic N) is 1. The van der Waals surface area contributed by atoms with E-state index in [2.05, 4.69) is 12.6 Å². The fourth-order valence-electron chi connectivity index (χ4n) is 2.03. The maximum absolute atomic E-state index is 11.8. The van der Waals surface area contributed by atoms with Crippen molar-refractivity contribution in [2.24, 2.45) is 5.92 Å². The van der Waals surface area contributed by atoms with Gasteiger partial charge in [-0.25, -0.2) is 0 Å². The van der Waals surface area contributed by atoms with Crippen molar-refractivity contribution in [2.75, 3.05) is 17.2 Å². The Kier molecular flexibility index (Phi) is 3.65. The molecule has 98 valence electrons. The van der Waals surface area contributed by atoms with E-state index in [9.17, 15) is 13.2 Å². The number of amides is 1. The van der Waals surface area contributed by atoms with Crippen LogP contribution in [0.15, 0.2) is 29.2 Å². The van der Waals surface area contributed by atoms with Gasteiger partial charge in [-0.05, 0) is 23.8 Å². The number of rotatable bonds is 3. The Balaban J connectivity index is 2.44. The zero-order valence-corrected chi connectivity index (χ0v) is 11.2. The first-order valence-electron chi connectivity index (χ1n) is 5.41. The van der Waals surface area contributed by atoms with Gasteiger partial charge in [-0.3, -0.25) is 9.35 Å². The van der Waals surface area contributed by atoms with E-state index in [0.717, 1.165) is 0 Å². The number of hydrogen-bond acceptors (Lipinski definition) is 4. The van der Waals surface area contributed by atoms with Gasteiger partial charge < -0.3 is 4.90 Å². The second-order valence-corrected chi connectivity index (χ2v) is 5.95. The molecule has 1 amide bonds. The molecule has 1 heterocycles. The highest BCUT2D eigenvalue weighted by molar-refractivity contribution is 7.86. The fraction of sp³-hybridized carbons (Fsp3) is 0.364. The smallest absolute Gasteiger partial charge is 0.296 e. The van der Waals surface area contributed by atoms with Crippen LogP contribution >= 0.6 is 12.6 Å². The number of thiol groups is 1. The molecule has 0 aromatic heterocycles. The van der Waals surface area contributed by atoms with E-state index in [1.165, 1.54) is 23.1 Å². The van der Waals surface area contributed by atoms with Crippen molar-refractivity contribution in [2.45, 2.75) is 11.3 Å². The molecule has 18 heavy (non-hydrogen) atoms. The predicted molar refractivity (Wildman–Crippen MR) is 70.6 cm³/mol. The Morgan fingerprint density at radius 3 is 2.61 bits per heavy atom. The lowest BCUT2D eigenvalue weighted by Crippen LogP contribution is -2.26. The summed E-state index contributed by atoms with van der Waals surface area (Å²) < 4.78 is 31.7. The standard InChI is InChI=1S/C11H13NO4S2/c13-11-5-8(7-17)6-12(11)9-3-1-2-4-10(9)18(14,15)16/h1-4,8,17H,5-7H2,(H,14,15,16). The molecule has 7 heteroatoms. The lowest BCUT2D eigenvalue weighted by molar-refractivity contribution is -0.117. The molecular formula is C11H13NO4S2. The van der Waals surface area contributed by atoms with E-state index in [4.69, 9.17) is 4.55 Å². The fourth-order valence-corrected chi connectivity index (χ4v) is 2.97. The van der Waals surface area contributed by atoms with Gasteiger partial charge in [0.05, 0.1) is 5.69 Å².